The Morgan fingerprint density at radius 3 is 2.42 bits per heavy atom. The van der Waals surface area contributed by atoms with Crippen molar-refractivity contribution < 1.29 is 9.53 Å². The molecule has 1 aromatic carbocycles. The van der Waals surface area contributed by atoms with Gasteiger partial charge in [-0.1, -0.05) is 30.3 Å². The fourth-order valence-corrected chi connectivity index (χ4v) is 0.813. The van der Waals surface area contributed by atoms with Crippen LogP contribution in [0.1, 0.15) is 10.4 Å². The highest BCUT2D eigenvalue weighted by Gasteiger charge is 2.10. The number of ether oxygens (including phenoxy) is 1. The first kappa shape index (κ1) is 8.46. The molecular formula is C9H9NO2. The van der Waals surface area contributed by atoms with Crippen LogP contribution < -0.4 is 0 Å². The second kappa shape index (κ2) is 3.67. The summed E-state index contributed by atoms with van der Waals surface area (Å²) in [5.41, 5.74) is 0.476. The van der Waals surface area contributed by atoms with Crippen LogP contribution in [-0.2, 0) is 4.74 Å². The lowest BCUT2D eigenvalue weighted by molar-refractivity contribution is 0.103. The molecule has 0 amide bonds. The Morgan fingerprint density at radius 1 is 1.33 bits per heavy atom. The highest BCUT2D eigenvalue weighted by Crippen LogP contribution is 2.00. The number of hydrogen-bond acceptors (Lipinski definition) is 3. The summed E-state index contributed by atoms with van der Waals surface area (Å²) in [4.78, 5) is 11.2. The molecule has 0 aliphatic rings. The van der Waals surface area contributed by atoms with E-state index in [1.54, 1.807) is 24.3 Å². The second-order valence-electron chi connectivity index (χ2n) is 2.23. The van der Waals surface area contributed by atoms with Gasteiger partial charge >= 0.3 is 0 Å². The molecule has 0 saturated heterocycles. The van der Waals surface area contributed by atoms with E-state index in [9.17, 15) is 4.79 Å². The monoisotopic (exact) mass is 163 g/mol. The van der Waals surface area contributed by atoms with E-state index in [0.29, 0.717) is 5.56 Å². The number of Topliss-reactive ketones (excluding diaryl/α,β-unsaturated/α-hetero) is 1. The van der Waals surface area contributed by atoms with E-state index in [2.05, 4.69) is 4.74 Å². The highest BCUT2D eigenvalue weighted by molar-refractivity contribution is 6.41. The van der Waals surface area contributed by atoms with Crippen LogP contribution >= 0.6 is 0 Å². The van der Waals surface area contributed by atoms with Crippen LogP contribution in [0.3, 0.4) is 0 Å². The van der Waals surface area contributed by atoms with Gasteiger partial charge in [-0.25, -0.2) is 0 Å². The van der Waals surface area contributed by atoms with Crippen molar-refractivity contribution in [3.8, 4) is 0 Å². The lowest BCUT2D eigenvalue weighted by atomic mass is 10.1. The van der Waals surface area contributed by atoms with Gasteiger partial charge in [-0.05, 0) is 0 Å². The van der Waals surface area contributed by atoms with E-state index < -0.39 is 5.78 Å². The predicted molar refractivity (Wildman–Crippen MR) is 45.5 cm³/mol. The molecule has 1 aromatic rings. The van der Waals surface area contributed by atoms with Crippen molar-refractivity contribution in [2.45, 2.75) is 0 Å². The first-order valence-electron chi connectivity index (χ1n) is 3.48. The van der Waals surface area contributed by atoms with Crippen molar-refractivity contribution in [2.75, 3.05) is 7.11 Å². The molecule has 0 radical (unpaired) electrons. The number of ketones is 1. The predicted octanol–water partition coefficient (Wildman–Crippen LogP) is 1.49. The van der Waals surface area contributed by atoms with Gasteiger partial charge in [0.25, 0.3) is 5.90 Å². The Balaban J connectivity index is 2.86. The average Bonchev–Trinajstić information content (AvgIpc) is 2.17. The van der Waals surface area contributed by atoms with E-state index in [-0.39, 0.29) is 5.90 Å². The van der Waals surface area contributed by atoms with Gasteiger partial charge in [-0.2, -0.15) is 0 Å². The molecule has 0 fully saturated rings. The quantitative estimate of drug-likeness (QED) is 0.408. The van der Waals surface area contributed by atoms with Gasteiger partial charge in [0.2, 0.25) is 5.78 Å². The van der Waals surface area contributed by atoms with Crippen molar-refractivity contribution in [3.63, 3.8) is 0 Å². The molecule has 0 spiro atoms. The summed E-state index contributed by atoms with van der Waals surface area (Å²) in [6, 6.07) is 8.60. The third-order valence-corrected chi connectivity index (χ3v) is 1.45. The molecule has 62 valence electrons. The van der Waals surface area contributed by atoms with Crippen LogP contribution in [0.4, 0.5) is 0 Å². The van der Waals surface area contributed by atoms with E-state index in [0.717, 1.165) is 0 Å². The number of rotatable bonds is 2. The summed E-state index contributed by atoms with van der Waals surface area (Å²) >= 11 is 0. The van der Waals surface area contributed by atoms with Crippen LogP contribution in [0.15, 0.2) is 30.3 Å². The van der Waals surface area contributed by atoms with Crippen LogP contribution in [0.5, 0.6) is 0 Å². The maximum absolute atomic E-state index is 11.2. The maximum Gasteiger partial charge on any atom is 0.255 e. The number of methoxy groups -OCH3 is 1. The Morgan fingerprint density at radius 2 is 1.92 bits per heavy atom. The molecule has 3 nitrogen and oxygen atoms in total. The lowest BCUT2D eigenvalue weighted by Gasteiger charge is -1.99. The Kier molecular flexibility index (Phi) is 2.58. The SMILES string of the molecule is COC(=N)C(=O)c1ccccc1. The first-order valence-corrected chi connectivity index (χ1v) is 3.48. The molecule has 0 unspecified atom stereocenters. The van der Waals surface area contributed by atoms with Crippen molar-refractivity contribution >= 4 is 11.7 Å². The minimum absolute atomic E-state index is 0.332. The topological polar surface area (TPSA) is 50.1 Å². The third kappa shape index (κ3) is 1.69. The summed E-state index contributed by atoms with van der Waals surface area (Å²) in [5.74, 6) is -0.723. The molecular weight excluding hydrogens is 154 g/mol. The zero-order valence-electron chi connectivity index (χ0n) is 6.70. The van der Waals surface area contributed by atoms with Crippen molar-refractivity contribution in [2.24, 2.45) is 0 Å². The van der Waals surface area contributed by atoms with Gasteiger partial charge < -0.3 is 4.74 Å². The van der Waals surface area contributed by atoms with Gasteiger partial charge in [0.1, 0.15) is 0 Å². The van der Waals surface area contributed by atoms with Gasteiger partial charge in [-0.15, -0.1) is 0 Å². The first-order chi connectivity index (χ1) is 5.75. The molecule has 0 saturated carbocycles. The number of carbonyl (C=O) groups is 1. The zero-order chi connectivity index (χ0) is 8.97. The zero-order valence-corrected chi connectivity index (χ0v) is 6.70. The molecule has 1 rings (SSSR count). The Hall–Kier alpha value is -1.64. The third-order valence-electron chi connectivity index (χ3n) is 1.45. The maximum atomic E-state index is 11.2. The molecule has 0 aliphatic heterocycles. The fourth-order valence-electron chi connectivity index (χ4n) is 0.813. The standard InChI is InChI=1S/C9H9NO2/c1-12-9(10)8(11)7-5-3-2-4-6-7/h2-6,10H,1H3. The molecule has 12 heavy (non-hydrogen) atoms. The summed E-state index contributed by atoms with van der Waals surface area (Å²) < 4.78 is 4.50. The number of nitrogens with one attached hydrogen (secondary N) is 1. The number of carbonyl (C=O) groups excluding carboxylic acids is 1. The number of benzene rings is 1. The largest absolute Gasteiger partial charge is 0.479 e. The normalized spacial score (nSPS) is 9.08. The highest BCUT2D eigenvalue weighted by atomic mass is 16.5. The van der Waals surface area contributed by atoms with E-state index in [1.807, 2.05) is 6.07 Å². The molecule has 3 heteroatoms. The smallest absolute Gasteiger partial charge is 0.255 e. The fraction of sp³-hybridized carbons (Fsp3) is 0.111. The lowest BCUT2D eigenvalue weighted by Crippen LogP contribution is -2.14. The van der Waals surface area contributed by atoms with Gasteiger partial charge in [0.15, 0.2) is 0 Å². The van der Waals surface area contributed by atoms with E-state index in [1.165, 1.54) is 7.11 Å². The van der Waals surface area contributed by atoms with Gasteiger partial charge in [0, 0.05) is 5.56 Å². The average molecular weight is 163 g/mol. The summed E-state index contributed by atoms with van der Waals surface area (Å²) in [5, 5.41) is 7.11. The molecule has 0 aliphatic carbocycles. The Bertz CT molecular complexity index is 293. The van der Waals surface area contributed by atoms with Crippen molar-refractivity contribution in [1.82, 2.24) is 0 Å². The van der Waals surface area contributed by atoms with Crippen LogP contribution in [0.2, 0.25) is 0 Å². The van der Waals surface area contributed by atoms with Crippen LogP contribution in [0, 0.1) is 5.41 Å². The van der Waals surface area contributed by atoms with Crippen LogP contribution in [-0.4, -0.2) is 18.8 Å². The number of hydrogen-bond donors (Lipinski definition) is 1. The molecule has 0 bridgehead atoms. The van der Waals surface area contributed by atoms with E-state index >= 15 is 0 Å². The molecule has 0 aromatic heterocycles. The summed E-state index contributed by atoms with van der Waals surface area (Å²) in [6.07, 6.45) is 0. The second-order valence-corrected chi connectivity index (χ2v) is 2.23. The minimum atomic E-state index is -0.391. The summed E-state index contributed by atoms with van der Waals surface area (Å²) in [6.45, 7) is 0. The van der Waals surface area contributed by atoms with E-state index in [4.69, 9.17) is 5.41 Å². The summed E-state index contributed by atoms with van der Waals surface area (Å²) in [7, 11) is 1.31. The molecule has 0 atom stereocenters. The van der Waals surface area contributed by atoms with Crippen molar-refractivity contribution in [3.05, 3.63) is 35.9 Å². The van der Waals surface area contributed by atoms with Gasteiger partial charge in [0.05, 0.1) is 7.11 Å². The van der Waals surface area contributed by atoms with Gasteiger partial charge in [-0.3, -0.25) is 10.2 Å². The molecule has 0 heterocycles. The minimum Gasteiger partial charge on any atom is -0.479 e. The van der Waals surface area contributed by atoms with Crippen molar-refractivity contribution in [1.29, 1.82) is 5.41 Å². The Labute approximate surface area is 70.5 Å². The van der Waals surface area contributed by atoms with Crippen LogP contribution in [0.25, 0.3) is 0 Å². The molecule has 1 N–H and O–H groups in total.